The van der Waals surface area contributed by atoms with Gasteiger partial charge < -0.3 is 14.0 Å². The lowest BCUT2D eigenvalue weighted by Gasteiger charge is -2.17. The van der Waals surface area contributed by atoms with Crippen LogP contribution >= 0.6 is 0 Å². The van der Waals surface area contributed by atoms with Gasteiger partial charge >= 0.3 is 0 Å². The highest BCUT2D eigenvalue weighted by molar-refractivity contribution is 6.34. The zero-order chi connectivity index (χ0) is 35.2. The Kier molecular flexibility index (Phi) is 6.51. The van der Waals surface area contributed by atoms with Crippen molar-refractivity contribution < 1.29 is 9.47 Å². The molecule has 53 heavy (non-hydrogen) atoms. The molecular weight excluding hydrogens is 647 g/mol. The van der Waals surface area contributed by atoms with Crippen LogP contribution in [-0.2, 0) is 0 Å². The molecule has 0 saturated carbocycles. The molecule has 252 valence electrons. The van der Waals surface area contributed by atoms with E-state index in [0.717, 1.165) is 17.2 Å². The van der Waals surface area contributed by atoms with E-state index in [2.05, 4.69) is 156 Å². The smallest absolute Gasteiger partial charge is 0.119 e. The van der Waals surface area contributed by atoms with Crippen molar-refractivity contribution in [3.05, 3.63) is 152 Å². The number of nitrogens with zero attached hydrogens (tertiary/aromatic N) is 1. The maximum absolute atomic E-state index is 6.13. The molecule has 0 atom stereocenters. The second-order valence-electron chi connectivity index (χ2n) is 14.1. The highest BCUT2D eigenvalue weighted by Crippen LogP contribution is 2.45. The van der Waals surface area contributed by atoms with Crippen LogP contribution in [0.2, 0.25) is 0 Å². The van der Waals surface area contributed by atoms with Gasteiger partial charge in [0.1, 0.15) is 11.5 Å². The quantitative estimate of drug-likeness (QED) is 0.133. The van der Waals surface area contributed by atoms with Crippen LogP contribution in [0.15, 0.2) is 152 Å². The number of fused-ring (bicyclic) bond motifs is 16. The van der Waals surface area contributed by atoms with Gasteiger partial charge in [-0.05, 0) is 156 Å². The summed E-state index contributed by atoms with van der Waals surface area (Å²) < 4.78 is 14.6. The van der Waals surface area contributed by atoms with E-state index in [1.54, 1.807) is 0 Å². The van der Waals surface area contributed by atoms with Crippen molar-refractivity contribution in [3.63, 3.8) is 0 Å². The summed E-state index contributed by atoms with van der Waals surface area (Å²) in [6, 6.07) is 56.0. The average Bonchev–Trinajstić information content (AvgIpc) is 3.53. The van der Waals surface area contributed by atoms with E-state index in [4.69, 9.17) is 9.47 Å². The maximum Gasteiger partial charge on any atom is 0.119 e. The Morgan fingerprint density at radius 3 is 1.47 bits per heavy atom. The number of hydrogen-bond acceptors (Lipinski definition) is 2. The SMILES string of the molecule is CCOc1ccc2c3ccccc3c3cc4c5cc(OCC)ccc5c5cc6c(cc5c4cc3c2c1)c1ccccc1n6-c1ccc2ccccc2c1. The van der Waals surface area contributed by atoms with Crippen molar-refractivity contribution in [2.24, 2.45) is 0 Å². The molecule has 0 fully saturated rings. The first-order valence-corrected chi connectivity index (χ1v) is 18.6. The first-order chi connectivity index (χ1) is 26.2. The molecule has 0 bridgehead atoms. The molecule has 11 rings (SSSR count). The summed E-state index contributed by atoms with van der Waals surface area (Å²) in [6.45, 7) is 5.33. The average molecular weight is 682 g/mol. The molecular formula is C50H35NO2. The van der Waals surface area contributed by atoms with Crippen LogP contribution in [0.4, 0.5) is 0 Å². The maximum atomic E-state index is 6.13. The van der Waals surface area contributed by atoms with E-state index >= 15 is 0 Å². The summed E-state index contributed by atoms with van der Waals surface area (Å²) in [5.74, 6) is 1.78. The summed E-state index contributed by atoms with van der Waals surface area (Å²) in [7, 11) is 0. The number of rotatable bonds is 5. The summed E-state index contributed by atoms with van der Waals surface area (Å²) in [5.41, 5.74) is 3.56. The lowest BCUT2D eigenvalue weighted by molar-refractivity contribution is 0.340. The molecule has 0 aliphatic rings. The van der Waals surface area contributed by atoms with E-state index in [1.165, 1.54) is 97.2 Å². The number of ether oxygens (including phenoxy) is 2. The number of hydrogen-bond donors (Lipinski definition) is 0. The van der Waals surface area contributed by atoms with Crippen LogP contribution in [0, 0.1) is 0 Å². The second-order valence-corrected chi connectivity index (χ2v) is 14.1. The van der Waals surface area contributed by atoms with Crippen LogP contribution in [0.1, 0.15) is 13.8 Å². The first-order valence-electron chi connectivity index (χ1n) is 18.6. The minimum absolute atomic E-state index is 0.616. The van der Waals surface area contributed by atoms with Crippen LogP contribution in [0.5, 0.6) is 11.5 Å². The first kappa shape index (κ1) is 30.1. The van der Waals surface area contributed by atoms with Gasteiger partial charge in [-0.15, -0.1) is 0 Å². The summed E-state index contributed by atoms with van der Waals surface area (Å²) >= 11 is 0. The van der Waals surface area contributed by atoms with Gasteiger partial charge in [-0.3, -0.25) is 0 Å². The Hall–Kier alpha value is -6.58. The number of aromatic nitrogens is 1. The van der Waals surface area contributed by atoms with E-state index in [9.17, 15) is 0 Å². The fourth-order valence-electron chi connectivity index (χ4n) is 8.97. The molecule has 0 amide bonds. The van der Waals surface area contributed by atoms with Gasteiger partial charge in [0, 0.05) is 16.5 Å². The molecule has 0 radical (unpaired) electrons. The fourth-order valence-corrected chi connectivity index (χ4v) is 8.97. The van der Waals surface area contributed by atoms with Gasteiger partial charge in [0.05, 0.1) is 24.2 Å². The summed E-state index contributed by atoms with van der Waals surface area (Å²) in [4.78, 5) is 0. The van der Waals surface area contributed by atoms with Crippen LogP contribution in [0.3, 0.4) is 0 Å². The normalized spacial score (nSPS) is 12.1. The van der Waals surface area contributed by atoms with E-state index in [-0.39, 0.29) is 0 Å². The van der Waals surface area contributed by atoms with E-state index < -0.39 is 0 Å². The Labute approximate surface area is 306 Å². The van der Waals surface area contributed by atoms with Crippen molar-refractivity contribution in [3.8, 4) is 17.2 Å². The van der Waals surface area contributed by atoms with Gasteiger partial charge in [-0.2, -0.15) is 0 Å². The molecule has 3 nitrogen and oxygen atoms in total. The van der Waals surface area contributed by atoms with Gasteiger partial charge in [0.25, 0.3) is 0 Å². The van der Waals surface area contributed by atoms with E-state index in [1.807, 2.05) is 13.8 Å². The Morgan fingerprint density at radius 1 is 0.340 bits per heavy atom. The zero-order valence-electron chi connectivity index (χ0n) is 29.6. The molecule has 11 aromatic rings. The molecule has 0 unspecified atom stereocenters. The molecule has 0 aliphatic heterocycles. The molecule has 0 spiro atoms. The van der Waals surface area contributed by atoms with Crippen molar-refractivity contribution in [1.82, 2.24) is 4.57 Å². The predicted octanol–water partition coefficient (Wildman–Crippen LogP) is 13.7. The summed E-state index contributed by atoms with van der Waals surface area (Å²) in [6.07, 6.45) is 0. The van der Waals surface area contributed by atoms with Crippen molar-refractivity contribution in [2.45, 2.75) is 13.8 Å². The Bertz CT molecular complexity index is 3320. The van der Waals surface area contributed by atoms with Gasteiger partial charge in [0.2, 0.25) is 0 Å². The lowest BCUT2D eigenvalue weighted by Crippen LogP contribution is -1.95. The highest BCUT2D eigenvalue weighted by atomic mass is 16.5. The third-order valence-corrected chi connectivity index (χ3v) is 11.2. The minimum atomic E-state index is 0.616. The van der Waals surface area contributed by atoms with Crippen LogP contribution in [0.25, 0.3) is 103 Å². The largest absolute Gasteiger partial charge is 0.494 e. The Balaban J connectivity index is 1.33. The molecule has 1 aromatic heterocycles. The molecule has 0 saturated heterocycles. The fraction of sp³-hybridized carbons (Fsp3) is 0.0800. The van der Waals surface area contributed by atoms with Crippen LogP contribution in [-0.4, -0.2) is 17.8 Å². The van der Waals surface area contributed by atoms with Gasteiger partial charge in [-0.25, -0.2) is 0 Å². The monoisotopic (exact) mass is 681 g/mol. The number of para-hydroxylation sites is 1. The topological polar surface area (TPSA) is 23.4 Å². The van der Waals surface area contributed by atoms with Gasteiger partial charge in [-0.1, -0.05) is 84.9 Å². The van der Waals surface area contributed by atoms with Crippen LogP contribution < -0.4 is 9.47 Å². The third kappa shape index (κ3) is 4.41. The van der Waals surface area contributed by atoms with Crippen molar-refractivity contribution in [1.29, 1.82) is 0 Å². The van der Waals surface area contributed by atoms with Crippen molar-refractivity contribution in [2.75, 3.05) is 13.2 Å². The number of benzene rings is 10. The minimum Gasteiger partial charge on any atom is -0.494 e. The second kappa shape index (κ2) is 11.5. The van der Waals surface area contributed by atoms with E-state index in [0.29, 0.717) is 13.2 Å². The highest BCUT2D eigenvalue weighted by Gasteiger charge is 2.19. The lowest BCUT2D eigenvalue weighted by atomic mass is 9.88. The third-order valence-electron chi connectivity index (χ3n) is 11.2. The summed E-state index contributed by atoms with van der Waals surface area (Å²) in [5, 5.41) is 19.7. The molecule has 10 aromatic carbocycles. The van der Waals surface area contributed by atoms with Crippen molar-refractivity contribution >= 4 is 97.2 Å². The van der Waals surface area contributed by atoms with Gasteiger partial charge in [0.15, 0.2) is 0 Å². The standard InChI is InChI=1S/C50H35NO2/c1-3-52-33-19-21-37-35-13-7-8-14-36(35)42-26-44-41-25-34(53-4-2)20-22-38(41)47-29-50-48(28-46(47)45(44)27-43(42)40(37)24-33)39-15-9-10-16-49(39)51(50)32-18-17-30-11-5-6-12-31(30)23-32/h5-29H,3-4H2,1-2H3. The molecule has 3 heteroatoms. The zero-order valence-corrected chi connectivity index (χ0v) is 29.6. The predicted molar refractivity (Wildman–Crippen MR) is 226 cm³/mol. The Morgan fingerprint density at radius 2 is 0.811 bits per heavy atom. The molecule has 0 aliphatic carbocycles. The molecule has 1 heterocycles. The molecule has 0 N–H and O–H groups in total.